The summed E-state index contributed by atoms with van der Waals surface area (Å²) in [5.41, 5.74) is -5.95. The van der Waals surface area contributed by atoms with Gasteiger partial charge in [-0.3, -0.25) is 9.59 Å². The van der Waals surface area contributed by atoms with Gasteiger partial charge in [0, 0.05) is 24.2 Å². The van der Waals surface area contributed by atoms with Gasteiger partial charge in [0.2, 0.25) is 5.91 Å². The third-order valence-corrected chi connectivity index (χ3v) is 8.08. The molecule has 0 radical (unpaired) electrons. The van der Waals surface area contributed by atoms with Gasteiger partial charge in [-0.15, -0.1) is 0 Å². The predicted octanol–water partition coefficient (Wildman–Crippen LogP) is 4.27. The number of anilines is 1. The normalized spacial score (nSPS) is 16.7. The van der Waals surface area contributed by atoms with E-state index < -0.39 is 51.2 Å². The van der Waals surface area contributed by atoms with Crippen LogP contribution in [0, 0.1) is 0 Å². The molecule has 208 valence electrons. The highest BCUT2D eigenvalue weighted by molar-refractivity contribution is 7.91. The average Bonchev–Trinajstić information content (AvgIpc) is 2.85. The standard InChI is InChI=1S/C24H24F6N2O5S/c1-3-19(33)32-12-11-14-13-17(38(36,37)4-2)9-10-18(14)20(32)21(34)31-16-7-5-15(6-8-16)22(35,23(25,26)27)24(28,29)30/h5-10,13,20,35H,3-4,11-12H2,1-2H3,(H,31,34). The summed E-state index contributed by atoms with van der Waals surface area (Å²) >= 11 is 0. The number of hydrogen-bond acceptors (Lipinski definition) is 5. The largest absolute Gasteiger partial charge is 0.430 e. The van der Waals surface area contributed by atoms with Crippen molar-refractivity contribution in [1.29, 1.82) is 0 Å². The Balaban J connectivity index is 1.97. The van der Waals surface area contributed by atoms with Crippen LogP contribution in [0.5, 0.6) is 0 Å². The average molecular weight is 567 g/mol. The molecule has 0 saturated heterocycles. The van der Waals surface area contributed by atoms with Crippen LogP contribution >= 0.6 is 0 Å². The van der Waals surface area contributed by atoms with Crippen LogP contribution in [0.3, 0.4) is 0 Å². The van der Waals surface area contributed by atoms with Crippen LogP contribution in [0.2, 0.25) is 0 Å². The van der Waals surface area contributed by atoms with Gasteiger partial charge in [-0.1, -0.05) is 32.0 Å². The van der Waals surface area contributed by atoms with Crippen LogP contribution in [0.25, 0.3) is 0 Å². The van der Waals surface area contributed by atoms with Crippen LogP contribution in [0.15, 0.2) is 47.4 Å². The number of carbonyl (C=O) groups excluding carboxylic acids is 2. The second-order valence-electron chi connectivity index (χ2n) is 8.63. The van der Waals surface area contributed by atoms with Crippen LogP contribution in [0.1, 0.15) is 43.0 Å². The number of amides is 2. The van der Waals surface area contributed by atoms with E-state index in [0.717, 1.165) is 12.1 Å². The zero-order chi connectivity index (χ0) is 28.7. The molecule has 2 aromatic carbocycles. The summed E-state index contributed by atoms with van der Waals surface area (Å²) in [5.74, 6) is -1.35. The van der Waals surface area contributed by atoms with Gasteiger partial charge in [-0.05, 0) is 41.8 Å². The number of halogens is 6. The molecule has 1 heterocycles. The van der Waals surface area contributed by atoms with Crippen molar-refractivity contribution in [3.63, 3.8) is 0 Å². The van der Waals surface area contributed by atoms with E-state index >= 15 is 0 Å². The number of sulfone groups is 1. The Morgan fingerprint density at radius 2 is 1.58 bits per heavy atom. The minimum absolute atomic E-state index is 0.0452. The van der Waals surface area contributed by atoms with Gasteiger partial charge in [0.1, 0.15) is 6.04 Å². The lowest BCUT2D eigenvalue weighted by atomic mass is 9.91. The lowest BCUT2D eigenvalue weighted by molar-refractivity contribution is -0.376. The van der Waals surface area contributed by atoms with E-state index in [-0.39, 0.29) is 35.7 Å². The Hall–Kier alpha value is -3.13. The molecule has 14 heteroatoms. The first-order valence-electron chi connectivity index (χ1n) is 11.4. The number of fused-ring (bicyclic) bond motifs is 1. The van der Waals surface area contributed by atoms with Crippen molar-refractivity contribution in [2.75, 3.05) is 17.6 Å². The van der Waals surface area contributed by atoms with Gasteiger partial charge in [0.15, 0.2) is 9.84 Å². The molecule has 1 aliphatic rings. The SMILES string of the molecule is CCC(=O)N1CCc2cc(S(=O)(=O)CC)ccc2C1C(=O)Nc1ccc(C(O)(C(F)(F)F)C(F)(F)F)cc1. The number of nitrogens with zero attached hydrogens (tertiary/aromatic N) is 1. The molecule has 3 rings (SSSR count). The highest BCUT2D eigenvalue weighted by Crippen LogP contribution is 2.50. The summed E-state index contributed by atoms with van der Waals surface area (Å²) < 4.78 is 103. The van der Waals surface area contributed by atoms with Gasteiger partial charge in [-0.2, -0.15) is 26.3 Å². The fourth-order valence-corrected chi connectivity index (χ4v) is 5.14. The van der Waals surface area contributed by atoms with Gasteiger partial charge in [0.25, 0.3) is 11.5 Å². The highest BCUT2D eigenvalue weighted by Gasteiger charge is 2.71. The summed E-state index contributed by atoms with van der Waals surface area (Å²) in [4.78, 5) is 27.2. The van der Waals surface area contributed by atoms with E-state index in [0.29, 0.717) is 23.3 Å². The molecule has 0 aromatic heterocycles. The van der Waals surface area contributed by atoms with Gasteiger partial charge >= 0.3 is 12.4 Å². The maximum absolute atomic E-state index is 13.3. The molecule has 1 unspecified atom stereocenters. The van der Waals surface area contributed by atoms with Crippen molar-refractivity contribution in [2.24, 2.45) is 0 Å². The van der Waals surface area contributed by atoms with E-state index in [1.54, 1.807) is 6.92 Å². The van der Waals surface area contributed by atoms with Crippen LogP contribution in [-0.2, 0) is 31.4 Å². The summed E-state index contributed by atoms with van der Waals surface area (Å²) in [6.45, 7) is 3.13. The topological polar surface area (TPSA) is 104 Å². The molecule has 2 N–H and O–H groups in total. The van der Waals surface area contributed by atoms with Crippen LogP contribution in [-0.4, -0.2) is 54.9 Å². The first kappa shape index (κ1) is 29.4. The summed E-state index contributed by atoms with van der Waals surface area (Å²) in [7, 11) is -3.55. The third kappa shape index (κ3) is 5.23. The minimum atomic E-state index is -6.06. The van der Waals surface area contributed by atoms with Crippen molar-refractivity contribution in [3.8, 4) is 0 Å². The van der Waals surface area contributed by atoms with E-state index in [4.69, 9.17) is 0 Å². The molecule has 38 heavy (non-hydrogen) atoms. The zero-order valence-corrected chi connectivity index (χ0v) is 21.0. The highest BCUT2D eigenvalue weighted by atomic mass is 32.2. The van der Waals surface area contributed by atoms with Crippen molar-refractivity contribution in [3.05, 3.63) is 59.2 Å². The molecule has 1 atom stereocenters. The Bertz CT molecular complexity index is 1310. The molecule has 2 aromatic rings. The van der Waals surface area contributed by atoms with Crippen molar-refractivity contribution in [1.82, 2.24) is 4.90 Å². The van der Waals surface area contributed by atoms with E-state index in [1.165, 1.54) is 30.0 Å². The fourth-order valence-electron chi connectivity index (χ4n) is 4.21. The zero-order valence-electron chi connectivity index (χ0n) is 20.2. The summed E-state index contributed by atoms with van der Waals surface area (Å²) in [6.07, 6.45) is -11.8. The second-order valence-corrected chi connectivity index (χ2v) is 10.9. The van der Waals surface area contributed by atoms with Crippen molar-refractivity contribution >= 4 is 27.3 Å². The number of rotatable bonds is 6. The van der Waals surface area contributed by atoms with E-state index in [2.05, 4.69) is 5.32 Å². The van der Waals surface area contributed by atoms with Crippen LogP contribution < -0.4 is 5.32 Å². The Labute approximate surface area is 214 Å². The Kier molecular flexibility index (Phi) is 7.91. The molecule has 0 aliphatic carbocycles. The molecule has 0 bridgehead atoms. The molecule has 0 fully saturated rings. The lowest BCUT2D eigenvalue weighted by Gasteiger charge is -2.36. The summed E-state index contributed by atoms with van der Waals surface area (Å²) in [6, 6.07) is 5.22. The number of benzene rings is 2. The van der Waals surface area contributed by atoms with Gasteiger partial charge in [0.05, 0.1) is 10.6 Å². The Morgan fingerprint density at radius 1 is 1.00 bits per heavy atom. The fraction of sp³-hybridized carbons (Fsp3) is 0.417. The van der Waals surface area contributed by atoms with E-state index in [1.807, 2.05) is 0 Å². The Morgan fingerprint density at radius 3 is 2.08 bits per heavy atom. The number of nitrogens with one attached hydrogen (secondary N) is 1. The van der Waals surface area contributed by atoms with Crippen molar-refractivity contribution < 1.29 is 49.5 Å². The number of carbonyl (C=O) groups is 2. The molecule has 7 nitrogen and oxygen atoms in total. The van der Waals surface area contributed by atoms with E-state index in [9.17, 15) is 49.5 Å². The lowest BCUT2D eigenvalue weighted by Crippen LogP contribution is -2.53. The second kappa shape index (κ2) is 10.2. The maximum atomic E-state index is 13.3. The molecule has 1 aliphatic heterocycles. The smallest absolute Gasteiger partial charge is 0.369 e. The van der Waals surface area contributed by atoms with Crippen LogP contribution in [0.4, 0.5) is 32.0 Å². The third-order valence-electron chi connectivity index (χ3n) is 6.34. The summed E-state index contributed by atoms with van der Waals surface area (Å²) in [5, 5.41) is 11.9. The number of alkyl halides is 6. The quantitative estimate of drug-likeness (QED) is 0.509. The molecular weight excluding hydrogens is 542 g/mol. The van der Waals surface area contributed by atoms with Gasteiger partial charge < -0.3 is 15.3 Å². The first-order valence-corrected chi connectivity index (χ1v) is 13.1. The molecule has 0 spiro atoms. The monoisotopic (exact) mass is 566 g/mol. The molecule has 0 saturated carbocycles. The van der Waals surface area contributed by atoms with Crippen molar-refractivity contribution in [2.45, 2.75) is 55.6 Å². The minimum Gasteiger partial charge on any atom is -0.369 e. The molecular formula is C24H24F6N2O5S. The predicted molar refractivity (Wildman–Crippen MR) is 124 cm³/mol. The maximum Gasteiger partial charge on any atom is 0.430 e. The number of hydrogen-bond donors (Lipinski definition) is 2. The van der Waals surface area contributed by atoms with Gasteiger partial charge in [-0.25, -0.2) is 8.42 Å². The molecule has 2 amide bonds. The number of aliphatic hydroxyl groups is 1. The first-order chi connectivity index (χ1) is 17.5.